The van der Waals surface area contributed by atoms with E-state index in [9.17, 15) is 19.2 Å². The molecule has 0 unspecified atom stereocenters. The summed E-state index contributed by atoms with van der Waals surface area (Å²) in [6.45, 7) is 18.6. The lowest BCUT2D eigenvalue weighted by atomic mass is 9.89. The van der Waals surface area contributed by atoms with Crippen LogP contribution in [0.4, 0.5) is 0 Å². The molecule has 256 valence electrons. The summed E-state index contributed by atoms with van der Waals surface area (Å²) in [5, 5.41) is 4.75. The first kappa shape index (κ1) is 39.7. The van der Waals surface area contributed by atoms with Crippen molar-refractivity contribution in [2.75, 3.05) is 113 Å². The highest BCUT2D eigenvalue weighted by molar-refractivity contribution is 5.78. The molecule has 1 rings (SSSR count). The van der Waals surface area contributed by atoms with E-state index >= 15 is 0 Å². The largest absolute Gasteiger partial charge is 0.427 e. The van der Waals surface area contributed by atoms with Crippen molar-refractivity contribution in [2.24, 2.45) is 16.7 Å². The number of nitrogens with two attached hydrogens (primary N) is 1. The van der Waals surface area contributed by atoms with Crippen molar-refractivity contribution in [1.82, 2.24) is 29.9 Å². The first-order valence-electron chi connectivity index (χ1n) is 15.6. The van der Waals surface area contributed by atoms with Gasteiger partial charge in [0.15, 0.2) is 0 Å². The van der Waals surface area contributed by atoms with Crippen LogP contribution in [0, 0.1) is 10.8 Å². The molecule has 44 heavy (non-hydrogen) atoms. The van der Waals surface area contributed by atoms with Gasteiger partial charge in [-0.15, -0.1) is 0 Å². The quantitative estimate of drug-likeness (QED) is 0.0986. The predicted molar refractivity (Wildman–Crippen MR) is 168 cm³/mol. The lowest BCUT2D eigenvalue weighted by molar-refractivity contribution is -0.168. The summed E-state index contributed by atoms with van der Waals surface area (Å²) in [6, 6.07) is 0. The number of likely N-dealkylation sites (N-methyl/N-ethyl adjacent to an activating group) is 3. The van der Waals surface area contributed by atoms with Crippen LogP contribution >= 0.6 is 0 Å². The Morgan fingerprint density at radius 2 is 1.36 bits per heavy atom. The number of nitrogens with one attached hydrogen (secondary N) is 1. The van der Waals surface area contributed by atoms with E-state index in [0.717, 1.165) is 0 Å². The second kappa shape index (κ2) is 19.9. The molecule has 0 saturated carbocycles. The van der Waals surface area contributed by atoms with E-state index in [2.05, 4.69) is 5.32 Å². The van der Waals surface area contributed by atoms with Gasteiger partial charge in [0, 0.05) is 57.6 Å². The zero-order valence-corrected chi connectivity index (χ0v) is 28.5. The second-order valence-electron chi connectivity index (χ2n) is 13.3. The molecule has 0 atom stereocenters. The van der Waals surface area contributed by atoms with Gasteiger partial charge in [-0.25, -0.2) is 5.01 Å². The standard InChI is InChI=1S/C30H59N7O7/c1-9-33(7)19-27(40)43-24-44-28(41)20-34(8)11-12-35(10-2)18-25(38)32-21-30(5,6)23-42-22-29(3,4)17-26(39)36-13-15-37(31)16-14-36/h9-24,31H2,1-8H3,(H,32,38). The maximum absolute atomic E-state index is 12.7. The van der Waals surface area contributed by atoms with Gasteiger partial charge in [-0.2, -0.15) is 0 Å². The SMILES string of the molecule is CCN(C)CC(=O)OCOC(=O)CN(C)CCN(CC)CC(=O)NCC(C)(C)COCC(C)(C)CC(=O)N1CCN(N)CC1. The van der Waals surface area contributed by atoms with Crippen LogP contribution in [0.2, 0.25) is 0 Å². The molecular formula is C30H59N7O7. The number of hydrogen-bond acceptors (Lipinski definition) is 12. The Hall–Kier alpha value is -2.36. The van der Waals surface area contributed by atoms with Crippen LogP contribution in [0.1, 0.15) is 48.0 Å². The van der Waals surface area contributed by atoms with Gasteiger partial charge < -0.3 is 24.4 Å². The molecule has 0 aliphatic carbocycles. The minimum atomic E-state index is -0.491. The van der Waals surface area contributed by atoms with Crippen LogP contribution in [-0.2, 0) is 33.4 Å². The Balaban J connectivity index is 2.30. The normalized spacial score (nSPS) is 14.8. The summed E-state index contributed by atoms with van der Waals surface area (Å²) < 4.78 is 16.0. The van der Waals surface area contributed by atoms with Crippen LogP contribution < -0.4 is 11.2 Å². The fraction of sp³-hybridized carbons (Fsp3) is 0.867. The second-order valence-corrected chi connectivity index (χ2v) is 13.3. The molecule has 1 fully saturated rings. The van der Waals surface area contributed by atoms with Crippen molar-refractivity contribution < 1.29 is 33.4 Å². The maximum atomic E-state index is 12.7. The number of hydrazine groups is 1. The first-order valence-corrected chi connectivity index (χ1v) is 15.6. The van der Waals surface area contributed by atoms with E-state index < -0.39 is 18.7 Å². The monoisotopic (exact) mass is 629 g/mol. The van der Waals surface area contributed by atoms with Crippen molar-refractivity contribution >= 4 is 23.8 Å². The van der Waals surface area contributed by atoms with Crippen LogP contribution in [0.3, 0.4) is 0 Å². The number of carbonyl (C=O) groups is 4. The third kappa shape index (κ3) is 17.8. The molecule has 2 amide bonds. The molecule has 0 aromatic heterocycles. The van der Waals surface area contributed by atoms with Crippen molar-refractivity contribution in [3.8, 4) is 0 Å². The smallest absolute Gasteiger partial charge is 0.323 e. The number of piperazine rings is 1. The van der Waals surface area contributed by atoms with Crippen molar-refractivity contribution in [3.05, 3.63) is 0 Å². The topological polar surface area (TPSA) is 150 Å². The third-order valence-electron chi connectivity index (χ3n) is 7.44. The number of esters is 2. The number of ether oxygens (including phenoxy) is 3. The van der Waals surface area contributed by atoms with Gasteiger partial charge in [0.2, 0.25) is 18.6 Å². The van der Waals surface area contributed by atoms with Gasteiger partial charge >= 0.3 is 11.9 Å². The maximum Gasteiger partial charge on any atom is 0.323 e. The van der Waals surface area contributed by atoms with Gasteiger partial charge in [0.05, 0.1) is 32.8 Å². The number of hydrogen-bond donors (Lipinski definition) is 2. The number of carbonyl (C=O) groups excluding carboxylic acids is 4. The highest BCUT2D eigenvalue weighted by atomic mass is 16.7. The van der Waals surface area contributed by atoms with Crippen molar-refractivity contribution in [2.45, 2.75) is 48.0 Å². The first-order chi connectivity index (χ1) is 20.6. The Labute approximate surface area is 264 Å². The van der Waals surface area contributed by atoms with E-state index in [1.807, 2.05) is 51.3 Å². The molecule has 0 spiro atoms. The summed E-state index contributed by atoms with van der Waals surface area (Å²) in [5.41, 5.74) is -0.592. The minimum absolute atomic E-state index is 0.0423. The highest BCUT2D eigenvalue weighted by Crippen LogP contribution is 2.24. The van der Waals surface area contributed by atoms with Crippen molar-refractivity contribution in [3.63, 3.8) is 0 Å². The molecule has 14 heteroatoms. The Morgan fingerprint density at radius 1 is 0.795 bits per heavy atom. The minimum Gasteiger partial charge on any atom is -0.427 e. The van der Waals surface area contributed by atoms with E-state index in [1.165, 1.54) is 0 Å². The van der Waals surface area contributed by atoms with Gasteiger partial charge in [-0.05, 0) is 32.6 Å². The van der Waals surface area contributed by atoms with Crippen LogP contribution in [0.25, 0.3) is 0 Å². The fourth-order valence-electron chi connectivity index (χ4n) is 4.34. The van der Waals surface area contributed by atoms with E-state index in [1.54, 1.807) is 28.9 Å². The molecule has 3 N–H and O–H groups in total. The Morgan fingerprint density at radius 3 is 1.93 bits per heavy atom. The van der Waals surface area contributed by atoms with Crippen LogP contribution in [-0.4, -0.2) is 161 Å². The van der Waals surface area contributed by atoms with E-state index in [0.29, 0.717) is 78.5 Å². The molecule has 0 radical (unpaired) electrons. The van der Waals surface area contributed by atoms with Crippen molar-refractivity contribution in [1.29, 1.82) is 0 Å². The molecule has 1 heterocycles. The highest BCUT2D eigenvalue weighted by Gasteiger charge is 2.29. The fourth-order valence-corrected chi connectivity index (χ4v) is 4.34. The number of rotatable bonds is 21. The molecule has 1 aliphatic heterocycles. The molecule has 1 saturated heterocycles. The molecule has 14 nitrogen and oxygen atoms in total. The molecule has 0 aromatic rings. The average molecular weight is 630 g/mol. The van der Waals surface area contributed by atoms with Gasteiger partial charge in [0.1, 0.15) is 0 Å². The van der Waals surface area contributed by atoms with Gasteiger partial charge in [-0.1, -0.05) is 41.5 Å². The summed E-state index contributed by atoms with van der Waals surface area (Å²) in [5.74, 6) is 4.89. The van der Waals surface area contributed by atoms with E-state index in [-0.39, 0.29) is 42.3 Å². The summed E-state index contributed by atoms with van der Waals surface area (Å²) in [4.78, 5) is 56.6. The molecule has 1 aliphatic rings. The third-order valence-corrected chi connectivity index (χ3v) is 7.44. The zero-order chi connectivity index (χ0) is 33.3. The average Bonchev–Trinajstić information content (AvgIpc) is 2.93. The predicted octanol–water partition coefficient (Wildman–Crippen LogP) is -0.171. The molecular weight excluding hydrogens is 570 g/mol. The van der Waals surface area contributed by atoms with Gasteiger partial charge in [0.25, 0.3) is 0 Å². The molecule has 0 aromatic carbocycles. The molecule has 0 bridgehead atoms. The van der Waals surface area contributed by atoms with Crippen LogP contribution in [0.15, 0.2) is 0 Å². The zero-order valence-electron chi connectivity index (χ0n) is 28.5. The van der Waals surface area contributed by atoms with Gasteiger partial charge in [-0.3, -0.25) is 39.7 Å². The summed E-state index contributed by atoms with van der Waals surface area (Å²) >= 11 is 0. The summed E-state index contributed by atoms with van der Waals surface area (Å²) in [7, 11) is 3.59. The Kier molecular flexibility index (Phi) is 17.9. The number of nitrogens with zero attached hydrogens (tertiary/aromatic N) is 5. The lowest BCUT2D eigenvalue weighted by Crippen LogP contribution is -2.51. The van der Waals surface area contributed by atoms with Crippen LogP contribution in [0.5, 0.6) is 0 Å². The van der Waals surface area contributed by atoms with E-state index in [4.69, 9.17) is 20.1 Å². The number of amides is 2. The Bertz CT molecular complexity index is 895. The summed E-state index contributed by atoms with van der Waals surface area (Å²) in [6.07, 6.45) is 0.407. The lowest BCUT2D eigenvalue weighted by Gasteiger charge is -2.35.